The normalized spacial score (nSPS) is 13.0. The smallest absolute Gasteiger partial charge is 0.273 e. The third kappa shape index (κ3) is 3.68. The fraction of sp³-hybridized carbons (Fsp3) is 0.400. The van der Waals surface area contributed by atoms with E-state index in [2.05, 4.69) is 10.3 Å². The number of fused-ring (bicyclic) bond motifs is 1. The summed E-state index contributed by atoms with van der Waals surface area (Å²) in [7, 11) is -3.59. The zero-order chi connectivity index (χ0) is 17.2. The van der Waals surface area contributed by atoms with E-state index in [-0.39, 0.29) is 16.8 Å². The van der Waals surface area contributed by atoms with E-state index in [4.69, 9.17) is 5.26 Å². The van der Waals surface area contributed by atoms with Crippen molar-refractivity contribution in [1.82, 2.24) is 14.7 Å². The Morgan fingerprint density at radius 3 is 2.70 bits per heavy atom. The number of hydrogen-bond donors (Lipinski definition) is 1. The lowest BCUT2D eigenvalue weighted by atomic mass is 10.0. The molecule has 0 saturated carbocycles. The number of nitrogens with zero attached hydrogens (tertiary/aromatic N) is 3. The summed E-state index contributed by atoms with van der Waals surface area (Å²) in [5.41, 5.74) is 0.377. The molecule has 122 valence electrons. The Labute approximate surface area is 134 Å². The predicted molar refractivity (Wildman–Crippen MR) is 84.6 cm³/mol. The molecule has 0 aliphatic rings. The van der Waals surface area contributed by atoms with Crippen molar-refractivity contribution >= 4 is 21.3 Å². The number of nitrogens with one attached hydrogen (secondary N) is 1. The molecule has 0 bridgehead atoms. The van der Waals surface area contributed by atoms with Crippen LogP contribution in [-0.4, -0.2) is 36.0 Å². The molecular weight excluding hydrogens is 316 g/mol. The molecule has 1 atom stereocenters. The monoisotopic (exact) mass is 334 g/mol. The number of rotatable bonds is 5. The van der Waals surface area contributed by atoms with Crippen LogP contribution in [-0.2, 0) is 9.84 Å². The molecule has 2 aromatic heterocycles. The van der Waals surface area contributed by atoms with Crippen molar-refractivity contribution in [2.75, 3.05) is 6.26 Å². The third-order valence-corrected chi connectivity index (χ3v) is 4.18. The molecular formula is C15H18N4O3S. The Morgan fingerprint density at radius 2 is 2.13 bits per heavy atom. The Balaban J connectivity index is 2.44. The Kier molecular flexibility index (Phi) is 4.71. The molecule has 0 aliphatic carbocycles. The van der Waals surface area contributed by atoms with Gasteiger partial charge in [0.15, 0.2) is 5.69 Å². The van der Waals surface area contributed by atoms with Gasteiger partial charge in [-0.15, -0.1) is 0 Å². The number of nitriles is 1. The molecule has 1 N–H and O–H groups in total. The summed E-state index contributed by atoms with van der Waals surface area (Å²) in [6.07, 6.45) is 3.08. The summed E-state index contributed by atoms with van der Waals surface area (Å²) in [5.74, 6) is -0.318. The van der Waals surface area contributed by atoms with Crippen LogP contribution in [0.3, 0.4) is 0 Å². The lowest BCUT2D eigenvalue weighted by molar-refractivity contribution is 0.0939. The Hall–Kier alpha value is -2.40. The molecule has 1 amide bonds. The minimum atomic E-state index is -3.59. The van der Waals surface area contributed by atoms with Crippen molar-refractivity contribution < 1.29 is 13.2 Å². The van der Waals surface area contributed by atoms with Gasteiger partial charge in [0.05, 0.1) is 11.6 Å². The zero-order valence-electron chi connectivity index (χ0n) is 13.1. The van der Waals surface area contributed by atoms with Gasteiger partial charge in [-0.25, -0.2) is 13.4 Å². The van der Waals surface area contributed by atoms with Gasteiger partial charge in [-0.1, -0.05) is 19.9 Å². The van der Waals surface area contributed by atoms with E-state index in [9.17, 15) is 13.2 Å². The van der Waals surface area contributed by atoms with Gasteiger partial charge in [-0.05, 0) is 24.5 Å². The summed E-state index contributed by atoms with van der Waals surface area (Å²) in [6, 6.07) is 6.34. The van der Waals surface area contributed by atoms with Gasteiger partial charge in [0.25, 0.3) is 5.91 Å². The number of carbonyl (C=O) groups excluding carboxylic acids is 1. The summed E-state index contributed by atoms with van der Waals surface area (Å²) in [4.78, 5) is 16.4. The van der Waals surface area contributed by atoms with Crippen molar-refractivity contribution in [1.29, 1.82) is 5.26 Å². The summed E-state index contributed by atoms with van der Waals surface area (Å²) >= 11 is 0. The topological polar surface area (TPSA) is 104 Å². The van der Waals surface area contributed by atoms with E-state index in [1.165, 1.54) is 10.6 Å². The van der Waals surface area contributed by atoms with Gasteiger partial charge >= 0.3 is 0 Å². The van der Waals surface area contributed by atoms with E-state index < -0.39 is 21.8 Å². The zero-order valence-corrected chi connectivity index (χ0v) is 14.0. The molecule has 1 unspecified atom stereocenters. The predicted octanol–water partition coefficient (Wildman–Crippen LogP) is 1.41. The highest BCUT2D eigenvalue weighted by Gasteiger charge is 2.24. The van der Waals surface area contributed by atoms with Gasteiger partial charge in [0, 0.05) is 12.5 Å². The maximum atomic E-state index is 12.4. The lowest BCUT2D eigenvalue weighted by Crippen LogP contribution is -2.35. The largest absolute Gasteiger partial charge is 0.335 e. The quantitative estimate of drug-likeness (QED) is 0.890. The number of sulfone groups is 1. The molecule has 0 saturated heterocycles. The SMILES string of the molecule is CC(C)CC(C#N)NC(=O)c1nc(S(C)(=O)=O)n2ccccc12. The van der Waals surface area contributed by atoms with Gasteiger partial charge in [-0.2, -0.15) is 5.26 Å². The number of aromatic nitrogens is 2. The third-order valence-electron chi connectivity index (χ3n) is 3.23. The first-order valence-electron chi connectivity index (χ1n) is 7.11. The van der Waals surface area contributed by atoms with Crippen molar-refractivity contribution in [3.8, 4) is 6.07 Å². The van der Waals surface area contributed by atoms with Gasteiger partial charge in [0.2, 0.25) is 15.0 Å². The number of amides is 1. The second-order valence-electron chi connectivity index (χ2n) is 5.76. The molecule has 0 aromatic carbocycles. The van der Waals surface area contributed by atoms with Crippen molar-refractivity contribution in [2.45, 2.75) is 31.5 Å². The summed E-state index contributed by atoms with van der Waals surface area (Å²) in [5, 5.41) is 11.5. The number of pyridine rings is 1. The second-order valence-corrected chi connectivity index (χ2v) is 7.67. The molecule has 0 spiro atoms. The molecule has 0 aliphatic heterocycles. The molecule has 8 heteroatoms. The Bertz CT molecular complexity index is 878. The maximum absolute atomic E-state index is 12.4. The minimum Gasteiger partial charge on any atom is -0.335 e. The molecule has 2 rings (SSSR count). The average molecular weight is 334 g/mol. The van der Waals surface area contributed by atoms with E-state index in [0.29, 0.717) is 11.9 Å². The fourth-order valence-corrected chi connectivity index (χ4v) is 3.05. The Morgan fingerprint density at radius 1 is 1.43 bits per heavy atom. The first-order valence-corrected chi connectivity index (χ1v) is 9.00. The van der Waals surface area contributed by atoms with Crippen LogP contribution in [0.4, 0.5) is 0 Å². The maximum Gasteiger partial charge on any atom is 0.273 e. The highest BCUT2D eigenvalue weighted by atomic mass is 32.2. The summed E-state index contributed by atoms with van der Waals surface area (Å²) in [6.45, 7) is 3.90. The highest BCUT2D eigenvalue weighted by molar-refractivity contribution is 7.90. The first kappa shape index (κ1) is 17.0. The van der Waals surface area contributed by atoms with Crippen LogP contribution in [0.2, 0.25) is 0 Å². The van der Waals surface area contributed by atoms with Gasteiger partial charge in [0.1, 0.15) is 6.04 Å². The number of hydrogen-bond acceptors (Lipinski definition) is 5. The van der Waals surface area contributed by atoms with Gasteiger partial charge < -0.3 is 5.32 Å². The minimum absolute atomic E-state index is 0.00460. The van der Waals surface area contributed by atoms with Crippen molar-refractivity contribution in [3.05, 3.63) is 30.1 Å². The van der Waals surface area contributed by atoms with E-state index in [0.717, 1.165) is 6.26 Å². The van der Waals surface area contributed by atoms with Gasteiger partial charge in [-0.3, -0.25) is 9.20 Å². The molecule has 0 fully saturated rings. The van der Waals surface area contributed by atoms with Crippen LogP contribution in [0.5, 0.6) is 0 Å². The second kappa shape index (κ2) is 6.38. The van der Waals surface area contributed by atoms with Crippen molar-refractivity contribution in [2.24, 2.45) is 5.92 Å². The molecule has 0 radical (unpaired) electrons. The van der Waals surface area contributed by atoms with Crippen molar-refractivity contribution in [3.63, 3.8) is 0 Å². The first-order chi connectivity index (χ1) is 10.7. The van der Waals surface area contributed by atoms with E-state index in [1.807, 2.05) is 19.9 Å². The van der Waals surface area contributed by atoms with E-state index in [1.54, 1.807) is 18.2 Å². The van der Waals surface area contributed by atoms with Crippen LogP contribution < -0.4 is 5.32 Å². The number of carbonyl (C=O) groups is 1. The van der Waals surface area contributed by atoms with Crippen LogP contribution >= 0.6 is 0 Å². The van der Waals surface area contributed by atoms with Crippen LogP contribution in [0, 0.1) is 17.2 Å². The van der Waals surface area contributed by atoms with Crippen LogP contribution in [0.1, 0.15) is 30.8 Å². The van der Waals surface area contributed by atoms with Crippen LogP contribution in [0.25, 0.3) is 5.52 Å². The molecule has 7 nitrogen and oxygen atoms in total. The molecule has 2 heterocycles. The lowest BCUT2D eigenvalue weighted by Gasteiger charge is -2.12. The highest BCUT2D eigenvalue weighted by Crippen LogP contribution is 2.17. The van der Waals surface area contributed by atoms with Crippen LogP contribution in [0.15, 0.2) is 29.6 Å². The fourth-order valence-electron chi connectivity index (χ4n) is 2.28. The standard InChI is InChI=1S/C15H18N4O3S/c1-10(2)8-11(9-16)17-14(20)13-12-6-4-5-7-19(12)15(18-13)23(3,21)22/h4-7,10-11H,8H2,1-3H3,(H,17,20). The molecule has 23 heavy (non-hydrogen) atoms. The van der Waals surface area contributed by atoms with E-state index >= 15 is 0 Å². The number of imidazole rings is 1. The molecule has 2 aromatic rings. The average Bonchev–Trinajstić information content (AvgIpc) is 2.85. The summed E-state index contributed by atoms with van der Waals surface area (Å²) < 4.78 is 25.0.